The summed E-state index contributed by atoms with van der Waals surface area (Å²) in [4.78, 5) is 9.31. The van der Waals surface area contributed by atoms with Gasteiger partial charge in [-0.25, -0.2) is 5.06 Å². The van der Waals surface area contributed by atoms with Crippen LogP contribution in [0.3, 0.4) is 0 Å². The van der Waals surface area contributed by atoms with E-state index in [0.29, 0.717) is 5.06 Å². The molecule has 3 nitrogen and oxygen atoms in total. The molecule has 0 rings (SSSR count). The molecule has 1 amide bonds. The number of nitrogens with zero attached hydrogens (tertiary/aromatic N) is 1. The minimum absolute atomic E-state index is 0.189. The Balaban J connectivity index is 3.73. The third-order valence-electron chi connectivity index (χ3n) is 0.741. The second-order valence-electron chi connectivity index (χ2n) is 1.35. The fourth-order valence-electron chi connectivity index (χ4n) is 0.268. The maximum Gasteiger partial charge on any atom is 0.279 e. The Kier molecular flexibility index (Phi) is 3.93. The highest BCUT2D eigenvalue weighted by Crippen LogP contribution is 2.04. The van der Waals surface area contributed by atoms with Crippen LogP contribution in [-0.4, -0.2) is 27.6 Å². The van der Waals surface area contributed by atoms with Gasteiger partial charge in [0.05, 0.1) is 0 Å². The van der Waals surface area contributed by atoms with Crippen LogP contribution in [0.5, 0.6) is 0 Å². The van der Waals surface area contributed by atoms with E-state index in [9.17, 15) is 4.79 Å². The van der Waals surface area contributed by atoms with E-state index in [1.165, 1.54) is 0 Å². The van der Waals surface area contributed by atoms with Crippen LogP contribution in [-0.2, 0) is 4.79 Å². The van der Waals surface area contributed by atoms with Crippen LogP contribution in [0.1, 0.15) is 6.92 Å². The Labute approximate surface area is 63.1 Å². The smallest absolute Gasteiger partial charge is 0.279 e. The molecule has 54 valence electrons. The van der Waals surface area contributed by atoms with E-state index in [1.807, 2.05) is 0 Å². The lowest BCUT2D eigenvalue weighted by molar-refractivity contribution is -0.162. The maximum atomic E-state index is 10.5. The second kappa shape index (κ2) is 3.93. The average molecular weight is 172 g/mol. The van der Waals surface area contributed by atoms with Crippen molar-refractivity contribution >= 4 is 29.1 Å². The summed E-state index contributed by atoms with van der Waals surface area (Å²) in [6.07, 6.45) is 0. The first-order valence-electron chi connectivity index (χ1n) is 2.38. The van der Waals surface area contributed by atoms with Crippen molar-refractivity contribution in [3.05, 3.63) is 0 Å². The second-order valence-corrected chi connectivity index (χ2v) is 2.45. The molecule has 0 bridgehead atoms. The van der Waals surface area contributed by atoms with Gasteiger partial charge in [0.1, 0.15) is 0 Å². The SMILES string of the molecule is CCN(O)C(=O)C(Cl)Cl. The molecule has 5 heteroatoms. The largest absolute Gasteiger partial charge is 0.286 e. The van der Waals surface area contributed by atoms with E-state index < -0.39 is 10.7 Å². The number of amides is 1. The highest BCUT2D eigenvalue weighted by molar-refractivity contribution is 6.53. The lowest BCUT2D eigenvalue weighted by Gasteiger charge is -2.11. The third-order valence-corrected chi connectivity index (χ3v) is 1.11. The lowest BCUT2D eigenvalue weighted by atomic mass is 10.6. The molecule has 0 saturated carbocycles. The van der Waals surface area contributed by atoms with Gasteiger partial charge >= 0.3 is 0 Å². The summed E-state index contributed by atoms with van der Waals surface area (Å²) in [6.45, 7) is 1.79. The predicted octanol–water partition coefficient (Wildman–Crippen LogP) is 1.03. The standard InChI is InChI=1S/C4H7Cl2NO2/c1-2-7(9)4(8)3(5)6/h3,9H,2H2,1H3. The molecule has 0 aliphatic rings. The van der Waals surface area contributed by atoms with Crippen molar-refractivity contribution < 1.29 is 10.0 Å². The molecule has 0 aromatic heterocycles. The highest BCUT2D eigenvalue weighted by atomic mass is 35.5. The Morgan fingerprint density at radius 3 is 2.33 bits per heavy atom. The summed E-state index contributed by atoms with van der Waals surface area (Å²) < 4.78 is 0. The zero-order valence-corrected chi connectivity index (χ0v) is 6.35. The van der Waals surface area contributed by atoms with Gasteiger partial charge < -0.3 is 0 Å². The molecule has 0 aliphatic carbocycles. The summed E-state index contributed by atoms with van der Waals surface area (Å²) >= 11 is 10.2. The molecule has 0 heterocycles. The van der Waals surface area contributed by atoms with Crippen LogP contribution >= 0.6 is 23.2 Å². The molecule has 0 radical (unpaired) electrons. The van der Waals surface area contributed by atoms with Crippen molar-refractivity contribution in [3.63, 3.8) is 0 Å². The number of rotatable bonds is 2. The molecule has 0 spiro atoms. The van der Waals surface area contributed by atoms with Crippen LogP contribution in [0.2, 0.25) is 0 Å². The quantitative estimate of drug-likeness (QED) is 0.383. The molecular formula is C4H7Cl2NO2. The van der Waals surface area contributed by atoms with Gasteiger partial charge in [0.2, 0.25) is 0 Å². The van der Waals surface area contributed by atoms with Crippen molar-refractivity contribution in [1.29, 1.82) is 0 Å². The minimum atomic E-state index is -1.17. The predicted molar refractivity (Wildman–Crippen MR) is 34.7 cm³/mol. The Morgan fingerprint density at radius 1 is 1.78 bits per heavy atom. The zero-order valence-electron chi connectivity index (χ0n) is 4.84. The van der Waals surface area contributed by atoms with Crippen molar-refractivity contribution in [2.75, 3.05) is 6.54 Å². The van der Waals surface area contributed by atoms with E-state index in [-0.39, 0.29) is 6.54 Å². The van der Waals surface area contributed by atoms with E-state index in [2.05, 4.69) is 0 Å². The fourth-order valence-corrected chi connectivity index (χ4v) is 0.494. The number of carbonyl (C=O) groups excluding carboxylic acids is 1. The van der Waals surface area contributed by atoms with Crippen molar-refractivity contribution in [2.45, 2.75) is 11.8 Å². The monoisotopic (exact) mass is 171 g/mol. The highest BCUT2D eigenvalue weighted by Gasteiger charge is 2.16. The summed E-state index contributed by atoms with van der Waals surface area (Å²) in [7, 11) is 0. The summed E-state index contributed by atoms with van der Waals surface area (Å²) in [6, 6.07) is 0. The average Bonchev–Trinajstić information content (AvgIpc) is 1.84. The first-order chi connectivity index (χ1) is 4.09. The number of hydroxylamine groups is 2. The van der Waals surface area contributed by atoms with Gasteiger partial charge in [-0.1, -0.05) is 23.2 Å². The summed E-state index contributed by atoms with van der Waals surface area (Å²) in [5.41, 5.74) is 0. The van der Waals surface area contributed by atoms with E-state index >= 15 is 0 Å². The molecule has 0 saturated heterocycles. The lowest BCUT2D eigenvalue weighted by Crippen LogP contribution is -2.31. The van der Waals surface area contributed by atoms with Crippen molar-refractivity contribution in [1.82, 2.24) is 5.06 Å². The first kappa shape index (κ1) is 9.01. The zero-order chi connectivity index (χ0) is 7.44. The number of alkyl halides is 2. The van der Waals surface area contributed by atoms with Gasteiger partial charge in [0.15, 0.2) is 4.84 Å². The molecule has 0 aromatic carbocycles. The molecule has 0 atom stereocenters. The molecule has 1 N–H and O–H groups in total. The molecule has 0 aliphatic heterocycles. The van der Waals surface area contributed by atoms with E-state index in [4.69, 9.17) is 28.4 Å². The molecule has 9 heavy (non-hydrogen) atoms. The van der Waals surface area contributed by atoms with Gasteiger partial charge in [-0.15, -0.1) is 0 Å². The van der Waals surface area contributed by atoms with E-state index in [1.54, 1.807) is 6.92 Å². The maximum absolute atomic E-state index is 10.5. The van der Waals surface area contributed by atoms with Gasteiger partial charge in [0, 0.05) is 6.54 Å². The fraction of sp³-hybridized carbons (Fsp3) is 0.750. The number of hydrogen-bond donors (Lipinski definition) is 1. The van der Waals surface area contributed by atoms with Crippen molar-refractivity contribution in [3.8, 4) is 0 Å². The number of hydrogen-bond acceptors (Lipinski definition) is 2. The minimum Gasteiger partial charge on any atom is -0.286 e. The van der Waals surface area contributed by atoms with Crippen LogP contribution in [0.15, 0.2) is 0 Å². The van der Waals surface area contributed by atoms with Gasteiger partial charge in [-0.05, 0) is 6.92 Å². The number of halogens is 2. The number of carbonyl (C=O) groups is 1. The van der Waals surface area contributed by atoms with E-state index in [0.717, 1.165) is 0 Å². The van der Waals surface area contributed by atoms with Crippen LogP contribution in [0.25, 0.3) is 0 Å². The van der Waals surface area contributed by atoms with Gasteiger partial charge in [-0.3, -0.25) is 10.0 Å². The van der Waals surface area contributed by atoms with Crippen LogP contribution in [0.4, 0.5) is 0 Å². The molecular weight excluding hydrogens is 165 g/mol. The Bertz CT molecular complexity index is 107. The third kappa shape index (κ3) is 2.89. The van der Waals surface area contributed by atoms with Crippen LogP contribution in [0, 0.1) is 0 Å². The normalized spacial score (nSPS) is 9.89. The molecule has 0 aromatic rings. The van der Waals surface area contributed by atoms with Crippen molar-refractivity contribution in [2.24, 2.45) is 0 Å². The van der Waals surface area contributed by atoms with Crippen LogP contribution < -0.4 is 0 Å². The molecule has 0 fully saturated rings. The Hall–Kier alpha value is 0.01000. The molecule has 0 unspecified atom stereocenters. The Morgan fingerprint density at radius 2 is 2.22 bits per heavy atom. The summed E-state index contributed by atoms with van der Waals surface area (Å²) in [5, 5.41) is 9.07. The first-order valence-corrected chi connectivity index (χ1v) is 3.25. The topological polar surface area (TPSA) is 40.5 Å². The van der Waals surface area contributed by atoms with Gasteiger partial charge in [0.25, 0.3) is 5.91 Å². The van der Waals surface area contributed by atoms with Gasteiger partial charge in [-0.2, -0.15) is 0 Å². The summed E-state index contributed by atoms with van der Waals surface area (Å²) in [5.74, 6) is -0.694.